The minimum Gasteiger partial charge on any atom is -0.493 e. The number of rotatable bonds is 5. The Kier molecular flexibility index (Phi) is 4.13. The van der Waals surface area contributed by atoms with Crippen molar-refractivity contribution in [3.8, 4) is 5.75 Å². The monoisotopic (exact) mass is 237 g/mol. The summed E-state index contributed by atoms with van der Waals surface area (Å²) in [5.74, 6) is 2.22. The predicted molar refractivity (Wildman–Crippen MR) is 70.4 cm³/mol. The second-order valence-electron chi connectivity index (χ2n) is 4.00. The summed E-state index contributed by atoms with van der Waals surface area (Å²) >= 11 is 1.87. The van der Waals surface area contributed by atoms with Gasteiger partial charge in [0.25, 0.3) is 0 Å². The summed E-state index contributed by atoms with van der Waals surface area (Å²) in [6.45, 7) is 3.98. The summed E-state index contributed by atoms with van der Waals surface area (Å²) in [5, 5.41) is 3.53. The topological polar surface area (TPSA) is 21.3 Å². The largest absolute Gasteiger partial charge is 0.493 e. The molecule has 1 heterocycles. The number of hydrogen-bond donors (Lipinski definition) is 1. The quantitative estimate of drug-likeness (QED) is 0.850. The van der Waals surface area contributed by atoms with Crippen molar-refractivity contribution < 1.29 is 4.74 Å². The molecule has 2 rings (SSSR count). The van der Waals surface area contributed by atoms with Crippen LogP contribution in [0.3, 0.4) is 0 Å². The third-order valence-electron chi connectivity index (χ3n) is 2.90. The highest BCUT2D eigenvalue weighted by atomic mass is 32.2. The van der Waals surface area contributed by atoms with Crippen molar-refractivity contribution in [1.29, 1.82) is 0 Å². The van der Waals surface area contributed by atoms with Gasteiger partial charge in [-0.15, -0.1) is 0 Å². The number of thioether (sulfide) groups is 1. The molecule has 0 saturated heterocycles. The second-order valence-corrected chi connectivity index (χ2v) is 4.91. The van der Waals surface area contributed by atoms with E-state index in [1.54, 1.807) is 0 Å². The summed E-state index contributed by atoms with van der Waals surface area (Å²) in [5.41, 5.74) is 2.69. The molecule has 3 heteroatoms. The van der Waals surface area contributed by atoms with Crippen LogP contribution >= 0.6 is 11.8 Å². The molecule has 1 N–H and O–H groups in total. The van der Waals surface area contributed by atoms with Crippen molar-refractivity contribution in [3.63, 3.8) is 0 Å². The molecule has 0 spiro atoms. The second kappa shape index (κ2) is 5.60. The van der Waals surface area contributed by atoms with Gasteiger partial charge in [0, 0.05) is 23.8 Å². The Morgan fingerprint density at radius 2 is 2.38 bits per heavy atom. The molecule has 1 aliphatic heterocycles. The fourth-order valence-corrected chi connectivity index (χ4v) is 2.82. The van der Waals surface area contributed by atoms with Crippen molar-refractivity contribution in [2.75, 3.05) is 25.2 Å². The molecule has 0 saturated carbocycles. The van der Waals surface area contributed by atoms with E-state index >= 15 is 0 Å². The van der Waals surface area contributed by atoms with Crippen LogP contribution in [0.1, 0.15) is 24.1 Å². The van der Waals surface area contributed by atoms with E-state index in [0.717, 1.165) is 31.1 Å². The first-order valence-corrected chi connectivity index (χ1v) is 7.23. The van der Waals surface area contributed by atoms with Crippen LogP contribution in [0.4, 0.5) is 0 Å². The molecule has 88 valence electrons. The number of para-hydroxylation sites is 1. The summed E-state index contributed by atoms with van der Waals surface area (Å²) < 4.78 is 5.75. The lowest BCUT2D eigenvalue weighted by atomic mass is 10.0. The van der Waals surface area contributed by atoms with Crippen LogP contribution in [0, 0.1) is 0 Å². The van der Waals surface area contributed by atoms with Crippen molar-refractivity contribution in [1.82, 2.24) is 5.32 Å². The zero-order valence-electron chi connectivity index (χ0n) is 9.95. The van der Waals surface area contributed by atoms with Crippen LogP contribution in [0.25, 0.3) is 0 Å². The standard InChI is InChI=1S/C13H19NOS/c1-3-14-12(9-16-2)11-6-4-5-10-7-8-15-13(10)11/h4-6,12,14H,3,7-9H2,1-2H3. The molecule has 0 aromatic heterocycles. The van der Waals surface area contributed by atoms with Gasteiger partial charge in [-0.1, -0.05) is 25.1 Å². The van der Waals surface area contributed by atoms with E-state index in [4.69, 9.17) is 4.74 Å². The Morgan fingerprint density at radius 3 is 3.12 bits per heavy atom. The van der Waals surface area contributed by atoms with Gasteiger partial charge in [-0.2, -0.15) is 11.8 Å². The van der Waals surface area contributed by atoms with Crippen LogP contribution in [-0.2, 0) is 6.42 Å². The molecule has 16 heavy (non-hydrogen) atoms. The minimum atomic E-state index is 0.410. The average Bonchev–Trinajstić information content (AvgIpc) is 2.76. The number of benzene rings is 1. The SMILES string of the molecule is CCNC(CSC)c1cccc2c1OCC2. The van der Waals surface area contributed by atoms with Gasteiger partial charge in [0.2, 0.25) is 0 Å². The minimum absolute atomic E-state index is 0.410. The fraction of sp³-hybridized carbons (Fsp3) is 0.538. The first-order chi connectivity index (χ1) is 7.86. The van der Waals surface area contributed by atoms with E-state index in [9.17, 15) is 0 Å². The highest BCUT2D eigenvalue weighted by Gasteiger charge is 2.21. The molecule has 1 aliphatic rings. The molecular weight excluding hydrogens is 218 g/mol. The van der Waals surface area contributed by atoms with Crippen LogP contribution < -0.4 is 10.1 Å². The summed E-state index contributed by atoms with van der Waals surface area (Å²) in [7, 11) is 0. The maximum atomic E-state index is 5.75. The number of ether oxygens (including phenoxy) is 1. The third-order valence-corrected chi connectivity index (χ3v) is 3.57. The Hall–Kier alpha value is -0.670. The van der Waals surface area contributed by atoms with E-state index in [2.05, 4.69) is 36.7 Å². The van der Waals surface area contributed by atoms with Crippen molar-refractivity contribution in [3.05, 3.63) is 29.3 Å². The molecule has 0 fully saturated rings. The third kappa shape index (κ3) is 2.36. The summed E-state index contributed by atoms with van der Waals surface area (Å²) in [6, 6.07) is 6.92. The summed E-state index contributed by atoms with van der Waals surface area (Å²) in [6.07, 6.45) is 3.20. The first kappa shape index (κ1) is 11.8. The van der Waals surface area contributed by atoms with Gasteiger partial charge in [-0.3, -0.25) is 0 Å². The van der Waals surface area contributed by atoms with Gasteiger partial charge in [-0.05, 0) is 18.4 Å². The van der Waals surface area contributed by atoms with Crippen LogP contribution in [-0.4, -0.2) is 25.2 Å². The zero-order valence-corrected chi connectivity index (χ0v) is 10.8. The molecule has 1 aromatic rings. The molecule has 0 radical (unpaired) electrons. The van der Waals surface area contributed by atoms with E-state index in [1.807, 2.05) is 11.8 Å². The van der Waals surface area contributed by atoms with E-state index in [0.29, 0.717) is 6.04 Å². The van der Waals surface area contributed by atoms with E-state index < -0.39 is 0 Å². The maximum absolute atomic E-state index is 5.75. The molecule has 1 atom stereocenters. The number of fused-ring (bicyclic) bond motifs is 1. The van der Waals surface area contributed by atoms with E-state index in [-0.39, 0.29) is 0 Å². The molecule has 2 nitrogen and oxygen atoms in total. The molecular formula is C13H19NOS. The summed E-state index contributed by atoms with van der Waals surface area (Å²) in [4.78, 5) is 0. The molecule has 1 aromatic carbocycles. The molecule has 0 aliphatic carbocycles. The lowest BCUT2D eigenvalue weighted by Gasteiger charge is -2.19. The Balaban J connectivity index is 2.26. The van der Waals surface area contributed by atoms with Gasteiger partial charge < -0.3 is 10.1 Å². The fourth-order valence-electron chi connectivity index (χ4n) is 2.19. The maximum Gasteiger partial charge on any atom is 0.127 e. The van der Waals surface area contributed by atoms with Gasteiger partial charge in [0.1, 0.15) is 5.75 Å². The predicted octanol–water partition coefficient (Wildman–Crippen LogP) is 2.64. The Morgan fingerprint density at radius 1 is 1.50 bits per heavy atom. The highest BCUT2D eigenvalue weighted by Crippen LogP contribution is 2.34. The molecule has 0 bridgehead atoms. The number of nitrogens with one attached hydrogen (secondary N) is 1. The van der Waals surface area contributed by atoms with Crippen LogP contribution in [0.15, 0.2) is 18.2 Å². The van der Waals surface area contributed by atoms with Crippen molar-refractivity contribution in [2.24, 2.45) is 0 Å². The van der Waals surface area contributed by atoms with Crippen LogP contribution in [0.5, 0.6) is 5.75 Å². The molecule has 0 amide bonds. The Bertz CT molecular complexity index is 348. The lowest BCUT2D eigenvalue weighted by molar-refractivity contribution is 0.350. The zero-order chi connectivity index (χ0) is 11.4. The van der Waals surface area contributed by atoms with Crippen molar-refractivity contribution >= 4 is 11.8 Å². The van der Waals surface area contributed by atoms with Gasteiger partial charge in [0.05, 0.1) is 6.61 Å². The molecule has 1 unspecified atom stereocenters. The van der Waals surface area contributed by atoms with Gasteiger partial charge in [-0.25, -0.2) is 0 Å². The lowest BCUT2D eigenvalue weighted by Crippen LogP contribution is -2.23. The highest BCUT2D eigenvalue weighted by molar-refractivity contribution is 7.98. The number of hydrogen-bond acceptors (Lipinski definition) is 3. The normalized spacial score (nSPS) is 15.6. The first-order valence-electron chi connectivity index (χ1n) is 5.83. The smallest absolute Gasteiger partial charge is 0.127 e. The van der Waals surface area contributed by atoms with Crippen LogP contribution in [0.2, 0.25) is 0 Å². The van der Waals surface area contributed by atoms with Crippen molar-refractivity contribution in [2.45, 2.75) is 19.4 Å². The van der Waals surface area contributed by atoms with E-state index in [1.165, 1.54) is 11.1 Å². The Labute approximate surface area is 102 Å². The van der Waals surface area contributed by atoms with Gasteiger partial charge >= 0.3 is 0 Å². The average molecular weight is 237 g/mol. The van der Waals surface area contributed by atoms with Gasteiger partial charge in [0.15, 0.2) is 0 Å².